The van der Waals surface area contributed by atoms with Gasteiger partial charge < -0.3 is 5.73 Å². The highest BCUT2D eigenvalue weighted by Gasteiger charge is 2.02. The van der Waals surface area contributed by atoms with Crippen molar-refractivity contribution in [3.63, 3.8) is 0 Å². The fourth-order valence-electron chi connectivity index (χ4n) is 1.44. The molecule has 1 aromatic carbocycles. The Kier molecular flexibility index (Phi) is 2.63. The van der Waals surface area contributed by atoms with Crippen molar-refractivity contribution in [1.29, 1.82) is 0 Å². The van der Waals surface area contributed by atoms with Gasteiger partial charge in [0.05, 0.1) is 0 Å². The molecule has 0 amide bonds. The summed E-state index contributed by atoms with van der Waals surface area (Å²) >= 11 is 0. The Balaban J connectivity index is 2.42. The third kappa shape index (κ3) is 1.96. The van der Waals surface area contributed by atoms with Gasteiger partial charge in [-0.05, 0) is 6.07 Å². The highest BCUT2D eigenvalue weighted by molar-refractivity contribution is 5.74. The average molecular weight is 199 g/mol. The van der Waals surface area contributed by atoms with Gasteiger partial charge in [0.1, 0.15) is 5.82 Å². The molecule has 1 heterocycles. The van der Waals surface area contributed by atoms with Gasteiger partial charge in [0.25, 0.3) is 0 Å². The van der Waals surface area contributed by atoms with E-state index in [0.717, 1.165) is 29.1 Å². The molecule has 3 heteroatoms. The Bertz CT molecular complexity index is 449. The molecule has 0 fully saturated rings. The highest BCUT2D eigenvalue weighted by Crippen LogP contribution is 2.23. The predicted molar refractivity (Wildman–Crippen MR) is 61.3 cm³/mol. The maximum Gasteiger partial charge on any atom is 0.127 e. The first-order valence-electron chi connectivity index (χ1n) is 4.97. The number of hydrogen-bond acceptors (Lipinski definition) is 3. The number of nitrogens with two attached hydrogens (primary N) is 1. The number of aromatic nitrogens is 2. The fraction of sp³-hybridized carbons (Fsp3) is 0.167. The summed E-state index contributed by atoms with van der Waals surface area (Å²) in [6, 6.07) is 7.72. The smallest absolute Gasteiger partial charge is 0.127 e. The zero-order valence-corrected chi connectivity index (χ0v) is 8.64. The zero-order valence-electron chi connectivity index (χ0n) is 8.64. The van der Waals surface area contributed by atoms with Gasteiger partial charge in [-0.2, -0.15) is 0 Å². The van der Waals surface area contributed by atoms with E-state index in [-0.39, 0.29) is 0 Å². The van der Waals surface area contributed by atoms with E-state index < -0.39 is 0 Å². The highest BCUT2D eigenvalue weighted by atomic mass is 14.9. The minimum atomic E-state index is 0.755. The summed E-state index contributed by atoms with van der Waals surface area (Å²) in [4.78, 5) is 8.50. The van der Waals surface area contributed by atoms with Crippen LogP contribution in [0.5, 0.6) is 0 Å². The van der Waals surface area contributed by atoms with E-state index in [2.05, 4.69) is 9.97 Å². The van der Waals surface area contributed by atoms with E-state index in [1.54, 1.807) is 0 Å². The molecule has 76 valence electrons. The minimum absolute atomic E-state index is 0.755. The van der Waals surface area contributed by atoms with Gasteiger partial charge in [0, 0.05) is 35.6 Å². The maximum absolute atomic E-state index is 5.87. The number of anilines is 1. The molecule has 0 bridgehead atoms. The van der Waals surface area contributed by atoms with Crippen LogP contribution in [-0.2, 0) is 6.42 Å². The lowest BCUT2D eigenvalue weighted by atomic mass is 10.1. The van der Waals surface area contributed by atoms with Crippen molar-refractivity contribution in [2.45, 2.75) is 13.3 Å². The van der Waals surface area contributed by atoms with Gasteiger partial charge in [-0.25, -0.2) is 9.97 Å². The van der Waals surface area contributed by atoms with Crippen LogP contribution in [0.25, 0.3) is 11.1 Å². The van der Waals surface area contributed by atoms with Crippen LogP contribution in [0.2, 0.25) is 0 Å². The summed E-state index contributed by atoms with van der Waals surface area (Å²) in [6.07, 6.45) is 4.49. The first kappa shape index (κ1) is 9.65. The van der Waals surface area contributed by atoms with Crippen molar-refractivity contribution < 1.29 is 0 Å². The number of aryl methyl sites for hydroxylation is 1. The number of hydrogen-bond donors (Lipinski definition) is 1. The van der Waals surface area contributed by atoms with Crippen molar-refractivity contribution in [1.82, 2.24) is 9.97 Å². The Morgan fingerprint density at radius 3 is 2.40 bits per heavy atom. The van der Waals surface area contributed by atoms with Crippen molar-refractivity contribution in [2.75, 3.05) is 5.73 Å². The van der Waals surface area contributed by atoms with E-state index in [0.29, 0.717) is 0 Å². The van der Waals surface area contributed by atoms with Crippen molar-refractivity contribution in [3.05, 3.63) is 42.5 Å². The zero-order chi connectivity index (χ0) is 10.7. The molecule has 0 atom stereocenters. The quantitative estimate of drug-likeness (QED) is 0.755. The third-order valence-electron chi connectivity index (χ3n) is 2.29. The van der Waals surface area contributed by atoms with Crippen LogP contribution in [0.3, 0.4) is 0 Å². The molecule has 15 heavy (non-hydrogen) atoms. The molecule has 2 aromatic rings. The van der Waals surface area contributed by atoms with E-state index in [1.165, 1.54) is 0 Å². The van der Waals surface area contributed by atoms with Crippen molar-refractivity contribution >= 4 is 5.69 Å². The molecule has 3 nitrogen and oxygen atoms in total. The van der Waals surface area contributed by atoms with Crippen LogP contribution in [0.1, 0.15) is 12.7 Å². The second-order valence-corrected chi connectivity index (χ2v) is 3.33. The topological polar surface area (TPSA) is 51.8 Å². The summed E-state index contributed by atoms with van der Waals surface area (Å²) in [7, 11) is 0. The molecule has 0 aliphatic carbocycles. The van der Waals surface area contributed by atoms with Gasteiger partial charge in [-0.15, -0.1) is 0 Å². The average Bonchev–Trinajstić information content (AvgIpc) is 2.30. The van der Waals surface area contributed by atoms with Crippen LogP contribution in [0, 0.1) is 0 Å². The number of rotatable bonds is 2. The first-order valence-corrected chi connectivity index (χ1v) is 4.97. The molecule has 0 radical (unpaired) electrons. The first-order chi connectivity index (χ1) is 7.31. The lowest BCUT2D eigenvalue weighted by Crippen LogP contribution is -1.94. The molecular weight excluding hydrogens is 186 g/mol. The Morgan fingerprint density at radius 2 is 1.80 bits per heavy atom. The number of benzene rings is 1. The van der Waals surface area contributed by atoms with Gasteiger partial charge >= 0.3 is 0 Å². The molecule has 0 spiro atoms. The van der Waals surface area contributed by atoms with Crippen LogP contribution in [0.4, 0.5) is 5.69 Å². The molecule has 2 rings (SSSR count). The molecule has 0 aliphatic rings. The number of nitrogens with zero attached hydrogens (tertiary/aromatic N) is 2. The van der Waals surface area contributed by atoms with E-state index in [9.17, 15) is 0 Å². The van der Waals surface area contributed by atoms with E-state index in [4.69, 9.17) is 5.73 Å². The monoisotopic (exact) mass is 199 g/mol. The number of nitrogen functional groups attached to an aromatic ring is 1. The Hall–Kier alpha value is -1.90. The van der Waals surface area contributed by atoms with Crippen molar-refractivity contribution in [3.8, 4) is 11.1 Å². The SMILES string of the molecule is CCc1ncc(-c2ccccc2N)cn1. The summed E-state index contributed by atoms with van der Waals surface area (Å²) in [5.74, 6) is 0.855. The predicted octanol–water partition coefficient (Wildman–Crippen LogP) is 2.29. The Morgan fingerprint density at radius 1 is 1.13 bits per heavy atom. The molecular formula is C12H13N3. The lowest BCUT2D eigenvalue weighted by molar-refractivity contribution is 0.941. The van der Waals surface area contributed by atoms with E-state index >= 15 is 0 Å². The van der Waals surface area contributed by atoms with Gasteiger partial charge in [-0.1, -0.05) is 25.1 Å². The van der Waals surface area contributed by atoms with Gasteiger partial charge in [0.2, 0.25) is 0 Å². The standard InChI is InChI=1S/C12H13N3/c1-2-12-14-7-9(8-15-12)10-5-3-4-6-11(10)13/h3-8H,2,13H2,1H3. The Labute approximate surface area is 89.0 Å². The minimum Gasteiger partial charge on any atom is -0.398 e. The van der Waals surface area contributed by atoms with Gasteiger partial charge in [0.15, 0.2) is 0 Å². The molecule has 0 saturated carbocycles. The van der Waals surface area contributed by atoms with E-state index in [1.807, 2.05) is 43.6 Å². The number of para-hydroxylation sites is 1. The largest absolute Gasteiger partial charge is 0.398 e. The fourth-order valence-corrected chi connectivity index (χ4v) is 1.44. The summed E-state index contributed by atoms with van der Waals surface area (Å²) < 4.78 is 0. The molecule has 0 aliphatic heterocycles. The molecule has 1 aromatic heterocycles. The third-order valence-corrected chi connectivity index (χ3v) is 2.29. The van der Waals surface area contributed by atoms with Crippen molar-refractivity contribution in [2.24, 2.45) is 0 Å². The second kappa shape index (κ2) is 4.09. The summed E-state index contributed by atoms with van der Waals surface area (Å²) in [6.45, 7) is 2.03. The summed E-state index contributed by atoms with van der Waals surface area (Å²) in [5.41, 5.74) is 8.57. The second-order valence-electron chi connectivity index (χ2n) is 3.33. The van der Waals surface area contributed by atoms with Crippen LogP contribution in [0.15, 0.2) is 36.7 Å². The normalized spacial score (nSPS) is 10.2. The van der Waals surface area contributed by atoms with Crippen LogP contribution < -0.4 is 5.73 Å². The molecule has 0 saturated heterocycles. The van der Waals surface area contributed by atoms with Crippen LogP contribution in [-0.4, -0.2) is 9.97 Å². The molecule has 2 N–H and O–H groups in total. The van der Waals surface area contributed by atoms with Gasteiger partial charge in [-0.3, -0.25) is 0 Å². The lowest BCUT2D eigenvalue weighted by Gasteiger charge is -2.04. The molecule has 0 unspecified atom stereocenters. The summed E-state index contributed by atoms with van der Waals surface area (Å²) in [5, 5.41) is 0. The van der Waals surface area contributed by atoms with Crippen LogP contribution >= 0.6 is 0 Å². The maximum atomic E-state index is 5.87.